The van der Waals surface area contributed by atoms with E-state index in [1.165, 1.54) is 18.4 Å². The summed E-state index contributed by atoms with van der Waals surface area (Å²) in [6.07, 6.45) is 6.25. The number of aromatic nitrogens is 2. The number of fused-ring (bicyclic) bond motifs is 1. The molecule has 160 valence electrons. The van der Waals surface area contributed by atoms with Gasteiger partial charge in [-0.05, 0) is 57.7 Å². The van der Waals surface area contributed by atoms with Crippen LogP contribution in [0.4, 0.5) is 0 Å². The monoisotopic (exact) mass is 408 g/mol. The molecule has 3 aliphatic rings. The molecule has 0 unspecified atom stereocenters. The fraction of sp³-hybridized carbons (Fsp3) is 0.583. The molecule has 1 amide bonds. The van der Waals surface area contributed by atoms with Crippen LogP contribution in [0.2, 0.25) is 0 Å². The number of nitrogens with zero attached hydrogens (tertiary/aromatic N) is 4. The van der Waals surface area contributed by atoms with Gasteiger partial charge in [0.15, 0.2) is 0 Å². The molecule has 0 saturated heterocycles. The SMILES string of the molecule is CN1Cc2ccccc2OC2(CCC(N(C)C(=O)c3cc(C4CC4)nn3C)CC2)C1. The van der Waals surface area contributed by atoms with E-state index in [2.05, 4.69) is 41.3 Å². The molecule has 2 aliphatic carbocycles. The van der Waals surface area contributed by atoms with Gasteiger partial charge in [0.2, 0.25) is 0 Å². The molecular weight excluding hydrogens is 376 g/mol. The molecule has 2 aromatic rings. The fourth-order valence-electron chi connectivity index (χ4n) is 5.23. The normalized spacial score (nSPS) is 26.7. The number of likely N-dealkylation sites (N-methyl/N-ethyl adjacent to an activating group) is 1. The molecule has 1 aliphatic heterocycles. The second-order valence-electron chi connectivity index (χ2n) is 9.56. The van der Waals surface area contributed by atoms with Gasteiger partial charge in [-0.3, -0.25) is 14.4 Å². The van der Waals surface area contributed by atoms with Crippen LogP contribution in [0.1, 0.15) is 66.2 Å². The molecule has 2 saturated carbocycles. The van der Waals surface area contributed by atoms with Gasteiger partial charge in [-0.1, -0.05) is 18.2 Å². The topological polar surface area (TPSA) is 50.6 Å². The molecule has 0 N–H and O–H groups in total. The van der Waals surface area contributed by atoms with Crippen LogP contribution in [0.25, 0.3) is 0 Å². The fourth-order valence-corrected chi connectivity index (χ4v) is 5.23. The predicted octanol–water partition coefficient (Wildman–Crippen LogP) is 3.58. The van der Waals surface area contributed by atoms with Gasteiger partial charge in [0.05, 0.1) is 5.69 Å². The number of rotatable bonds is 3. The van der Waals surface area contributed by atoms with Gasteiger partial charge in [-0.2, -0.15) is 5.10 Å². The summed E-state index contributed by atoms with van der Waals surface area (Å²) in [5, 5.41) is 4.57. The summed E-state index contributed by atoms with van der Waals surface area (Å²) in [7, 11) is 6.01. The van der Waals surface area contributed by atoms with Crippen molar-refractivity contribution in [2.24, 2.45) is 7.05 Å². The zero-order chi connectivity index (χ0) is 20.9. The van der Waals surface area contributed by atoms with Crippen molar-refractivity contribution >= 4 is 5.91 Å². The number of hydrogen-bond acceptors (Lipinski definition) is 4. The zero-order valence-electron chi connectivity index (χ0n) is 18.3. The second kappa shape index (κ2) is 7.41. The molecule has 0 radical (unpaired) electrons. The smallest absolute Gasteiger partial charge is 0.272 e. The van der Waals surface area contributed by atoms with Crippen molar-refractivity contribution in [1.29, 1.82) is 0 Å². The lowest BCUT2D eigenvalue weighted by molar-refractivity contribution is -0.00856. The van der Waals surface area contributed by atoms with E-state index in [1.807, 2.05) is 25.1 Å². The van der Waals surface area contributed by atoms with Crippen LogP contribution in [0.15, 0.2) is 30.3 Å². The van der Waals surface area contributed by atoms with Crippen LogP contribution < -0.4 is 4.74 Å². The number of carbonyl (C=O) groups is 1. The van der Waals surface area contributed by atoms with Crippen LogP contribution in [0, 0.1) is 0 Å². The average molecular weight is 409 g/mol. The molecule has 5 rings (SSSR count). The van der Waals surface area contributed by atoms with Crippen molar-refractivity contribution in [2.45, 2.75) is 62.6 Å². The summed E-state index contributed by atoms with van der Waals surface area (Å²) in [4.78, 5) is 17.5. The van der Waals surface area contributed by atoms with Gasteiger partial charge in [-0.25, -0.2) is 0 Å². The molecule has 0 atom stereocenters. The van der Waals surface area contributed by atoms with E-state index in [-0.39, 0.29) is 17.6 Å². The Morgan fingerprint density at radius 2 is 1.90 bits per heavy atom. The minimum absolute atomic E-state index is 0.0853. The average Bonchev–Trinajstić information content (AvgIpc) is 3.52. The quantitative estimate of drug-likeness (QED) is 0.779. The van der Waals surface area contributed by atoms with E-state index < -0.39 is 0 Å². The summed E-state index contributed by atoms with van der Waals surface area (Å²) in [6.45, 7) is 1.85. The van der Waals surface area contributed by atoms with Crippen molar-refractivity contribution in [3.63, 3.8) is 0 Å². The number of ether oxygens (including phenoxy) is 1. The van der Waals surface area contributed by atoms with E-state index in [1.54, 1.807) is 4.68 Å². The number of amides is 1. The Bertz CT molecular complexity index is 940. The Morgan fingerprint density at radius 1 is 1.17 bits per heavy atom. The van der Waals surface area contributed by atoms with Gasteiger partial charge >= 0.3 is 0 Å². The van der Waals surface area contributed by atoms with E-state index in [4.69, 9.17) is 4.74 Å². The third-order valence-electron chi connectivity index (χ3n) is 7.15. The maximum Gasteiger partial charge on any atom is 0.272 e. The first-order valence-corrected chi connectivity index (χ1v) is 11.2. The number of para-hydroxylation sites is 1. The summed E-state index contributed by atoms with van der Waals surface area (Å²) in [5.41, 5.74) is 2.88. The molecular formula is C24H32N4O2. The van der Waals surface area contributed by atoms with E-state index in [0.29, 0.717) is 11.6 Å². The predicted molar refractivity (Wildman–Crippen MR) is 116 cm³/mol. The minimum Gasteiger partial charge on any atom is -0.486 e. The van der Waals surface area contributed by atoms with Crippen molar-refractivity contribution in [1.82, 2.24) is 19.6 Å². The lowest BCUT2D eigenvalue weighted by atomic mass is 9.81. The lowest BCUT2D eigenvalue weighted by Gasteiger charge is -2.43. The van der Waals surface area contributed by atoms with E-state index in [0.717, 1.165) is 50.2 Å². The molecule has 30 heavy (non-hydrogen) atoms. The number of hydrogen-bond donors (Lipinski definition) is 0. The first kappa shape index (κ1) is 19.6. The maximum absolute atomic E-state index is 13.2. The summed E-state index contributed by atoms with van der Waals surface area (Å²) >= 11 is 0. The largest absolute Gasteiger partial charge is 0.486 e. The van der Waals surface area contributed by atoms with Crippen LogP contribution in [0.5, 0.6) is 5.75 Å². The van der Waals surface area contributed by atoms with Gasteiger partial charge < -0.3 is 9.64 Å². The first-order chi connectivity index (χ1) is 14.4. The summed E-state index contributed by atoms with van der Waals surface area (Å²) in [5.74, 6) is 1.67. The Morgan fingerprint density at radius 3 is 2.63 bits per heavy atom. The van der Waals surface area contributed by atoms with Crippen LogP contribution in [-0.2, 0) is 13.6 Å². The van der Waals surface area contributed by atoms with Gasteiger partial charge in [0, 0.05) is 44.7 Å². The molecule has 2 heterocycles. The first-order valence-electron chi connectivity index (χ1n) is 11.2. The highest BCUT2D eigenvalue weighted by Gasteiger charge is 2.42. The van der Waals surface area contributed by atoms with Crippen molar-refractivity contribution in [3.8, 4) is 5.75 Å². The number of aryl methyl sites for hydroxylation is 1. The molecule has 1 aromatic heterocycles. The molecule has 0 bridgehead atoms. The third-order valence-corrected chi connectivity index (χ3v) is 7.15. The Hall–Kier alpha value is -2.34. The molecule has 1 aromatic carbocycles. The van der Waals surface area contributed by atoms with Crippen molar-refractivity contribution < 1.29 is 9.53 Å². The van der Waals surface area contributed by atoms with Crippen LogP contribution >= 0.6 is 0 Å². The van der Waals surface area contributed by atoms with Gasteiger partial charge in [0.25, 0.3) is 5.91 Å². The Kier molecular flexibility index (Phi) is 4.85. The van der Waals surface area contributed by atoms with Gasteiger partial charge in [0.1, 0.15) is 17.0 Å². The molecule has 1 spiro atoms. The Balaban J connectivity index is 1.28. The maximum atomic E-state index is 13.2. The standard InChI is InChI=1S/C24H32N4O2/c1-26-15-18-6-4-5-7-22(18)30-24(16-26)12-10-19(11-13-24)27(2)23(29)21-14-20(17-8-9-17)25-28(21)3/h4-7,14,17,19H,8-13,15-16H2,1-3H3. The minimum atomic E-state index is -0.159. The van der Waals surface area contributed by atoms with Crippen molar-refractivity contribution in [2.75, 3.05) is 20.6 Å². The highest BCUT2D eigenvalue weighted by molar-refractivity contribution is 5.92. The molecule has 6 nitrogen and oxygen atoms in total. The van der Waals surface area contributed by atoms with Crippen LogP contribution in [-0.4, -0.2) is 57.8 Å². The highest BCUT2D eigenvalue weighted by atomic mass is 16.5. The zero-order valence-corrected chi connectivity index (χ0v) is 18.3. The summed E-state index contributed by atoms with van der Waals surface area (Å²) in [6, 6.07) is 10.6. The number of carbonyl (C=O) groups excluding carboxylic acids is 1. The second-order valence-corrected chi connectivity index (χ2v) is 9.56. The lowest BCUT2D eigenvalue weighted by Crippen LogP contribution is -2.51. The van der Waals surface area contributed by atoms with Crippen LogP contribution in [0.3, 0.4) is 0 Å². The number of benzene rings is 1. The highest BCUT2D eigenvalue weighted by Crippen LogP contribution is 2.40. The Labute approximate surface area is 178 Å². The third kappa shape index (κ3) is 3.62. The van der Waals surface area contributed by atoms with Gasteiger partial charge in [-0.15, -0.1) is 0 Å². The van der Waals surface area contributed by atoms with Crippen molar-refractivity contribution in [3.05, 3.63) is 47.3 Å². The van der Waals surface area contributed by atoms with E-state index in [9.17, 15) is 4.79 Å². The summed E-state index contributed by atoms with van der Waals surface area (Å²) < 4.78 is 8.39. The molecule has 6 heteroatoms. The molecule has 2 fully saturated rings. The van der Waals surface area contributed by atoms with E-state index >= 15 is 0 Å².